The van der Waals surface area contributed by atoms with Gasteiger partial charge in [-0.25, -0.2) is 0 Å². The molecule has 1 aromatic heterocycles. The van der Waals surface area contributed by atoms with Crippen molar-refractivity contribution in [2.45, 2.75) is 27.2 Å². The SMILES string of the molecule is CCC1=NN2C(=N)/C(=C/c3cc(C)n(-c4ccc(Cl)cc4Cl)c3C)C(=O)N=C2S1. The third-order valence-corrected chi connectivity index (χ3v) is 6.31. The third kappa shape index (κ3) is 3.43. The summed E-state index contributed by atoms with van der Waals surface area (Å²) in [6, 6.07) is 7.28. The van der Waals surface area contributed by atoms with Gasteiger partial charge in [0.15, 0.2) is 5.84 Å². The Morgan fingerprint density at radius 1 is 1.24 bits per heavy atom. The number of amides is 1. The lowest BCUT2D eigenvalue weighted by Gasteiger charge is -2.20. The highest BCUT2D eigenvalue weighted by Gasteiger charge is 2.35. The molecule has 2 aromatic rings. The number of hydrazone groups is 1. The van der Waals surface area contributed by atoms with Crippen molar-refractivity contribution in [2.24, 2.45) is 10.1 Å². The summed E-state index contributed by atoms with van der Waals surface area (Å²) >= 11 is 13.7. The van der Waals surface area contributed by atoms with E-state index in [1.807, 2.05) is 37.5 Å². The molecular formula is C20H17Cl2N5OS. The van der Waals surface area contributed by atoms with Crippen molar-refractivity contribution in [2.75, 3.05) is 0 Å². The minimum Gasteiger partial charge on any atom is -0.316 e. The Hall–Kier alpha value is -2.35. The van der Waals surface area contributed by atoms with E-state index in [1.165, 1.54) is 16.8 Å². The number of hydrogen-bond donors (Lipinski definition) is 1. The van der Waals surface area contributed by atoms with E-state index in [0.29, 0.717) is 15.2 Å². The number of hydrogen-bond acceptors (Lipinski definition) is 4. The van der Waals surface area contributed by atoms with E-state index in [0.717, 1.165) is 34.1 Å². The summed E-state index contributed by atoms with van der Waals surface area (Å²) in [5, 5.41) is 16.6. The highest BCUT2D eigenvalue weighted by Crippen LogP contribution is 2.32. The summed E-state index contributed by atoms with van der Waals surface area (Å²) in [5.74, 6) is -0.402. The van der Waals surface area contributed by atoms with Gasteiger partial charge < -0.3 is 4.57 Å². The topological polar surface area (TPSA) is 73.8 Å². The Morgan fingerprint density at radius 2 is 2.00 bits per heavy atom. The molecule has 0 unspecified atom stereocenters. The summed E-state index contributed by atoms with van der Waals surface area (Å²) in [6.07, 6.45) is 2.42. The maximum atomic E-state index is 12.6. The van der Waals surface area contributed by atoms with Crippen LogP contribution in [0.2, 0.25) is 10.0 Å². The number of nitrogens with zero attached hydrogens (tertiary/aromatic N) is 4. The second-order valence-corrected chi connectivity index (χ2v) is 8.51. The maximum absolute atomic E-state index is 12.6. The molecule has 0 fully saturated rings. The van der Waals surface area contributed by atoms with Gasteiger partial charge in [-0.1, -0.05) is 30.1 Å². The summed E-state index contributed by atoms with van der Waals surface area (Å²) in [4.78, 5) is 16.7. The first-order valence-electron chi connectivity index (χ1n) is 8.93. The highest BCUT2D eigenvalue weighted by atomic mass is 35.5. The number of nitrogens with one attached hydrogen (secondary N) is 1. The number of aryl methyl sites for hydroxylation is 1. The molecule has 0 atom stereocenters. The number of carbonyl (C=O) groups excluding carboxylic acids is 1. The van der Waals surface area contributed by atoms with E-state index in [2.05, 4.69) is 10.1 Å². The fourth-order valence-corrected chi connectivity index (χ4v) is 4.61. The van der Waals surface area contributed by atoms with Crippen LogP contribution in [-0.4, -0.2) is 31.5 Å². The summed E-state index contributed by atoms with van der Waals surface area (Å²) in [6.45, 7) is 5.87. The molecule has 0 spiro atoms. The lowest BCUT2D eigenvalue weighted by Crippen LogP contribution is -2.35. The number of rotatable bonds is 3. The van der Waals surface area contributed by atoms with Crippen molar-refractivity contribution in [3.63, 3.8) is 0 Å². The number of fused-ring (bicyclic) bond motifs is 1. The van der Waals surface area contributed by atoms with E-state index in [9.17, 15) is 4.79 Å². The molecule has 9 heteroatoms. The molecule has 4 rings (SSSR count). The average Bonchev–Trinajstić information content (AvgIpc) is 3.20. The second kappa shape index (κ2) is 7.48. The number of benzene rings is 1. The third-order valence-electron chi connectivity index (χ3n) is 4.72. The zero-order valence-corrected chi connectivity index (χ0v) is 18.3. The van der Waals surface area contributed by atoms with E-state index in [4.69, 9.17) is 28.6 Å². The predicted molar refractivity (Wildman–Crippen MR) is 121 cm³/mol. The molecule has 29 heavy (non-hydrogen) atoms. The normalized spacial score (nSPS) is 17.7. The zero-order chi connectivity index (χ0) is 20.9. The molecule has 0 saturated heterocycles. The predicted octanol–water partition coefficient (Wildman–Crippen LogP) is 5.43. The maximum Gasteiger partial charge on any atom is 0.283 e. The minimum atomic E-state index is -0.435. The van der Waals surface area contributed by atoms with Gasteiger partial charge in [0.1, 0.15) is 5.04 Å². The van der Waals surface area contributed by atoms with Crippen molar-refractivity contribution in [1.82, 2.24) is 9.58 Å². The van der Waals surface area contributed by atoms with Crippen LogP contribution in [-0.2, 0) is 4.79 Å². The molecule has 1 amide bonds. The number of halogens is 2. The summed E-state index contributed by atoms with van der Waals surface area (Å²) in [5.41, 5.74) is 3.66. The van der Waals surface area contributed by atoms with Gasteiger partial charge in [0.05, 0.1) is 16.3 Å². The van der Waals surface area contributed by atoms with E-state index >= 15 is 0 Å². The number of amidine groups is 2. The largest absolute Gasteiger partial charge is 0.316 e. The monoisotopic (exact) mass is 445 g/mol. The second-order valence-electron chi connectivity index (χ2n) is 6.62. The van der Waals surface area contributed by atoms with Crippen LogP contribution in [0.1, 0.15) is 30.3 Å². The molecule has 0 saturated carbocycles. The Morgan fingerprint density at radius 3 is 2.69 bits per heavy atom. The number of aromatic nitrogens is 1. The van der Waals surface area contributed by atoms with Crippen LogP contribution in [0.5, 0.6) is 0 Å². The standard InChI is InChI=1S/C20H17Cl2N5OS/c1-4-17-25-27-18(23)14(19(28)24-20(27)29-17)8-12-7-10(2)26(11(12)3)16-6-5-13(21)9-15(16)22/h5-9,23H,4H2,1-3H3/b14-8-,23-18?. The van der Waals surface area contributed by atoms with E-state index in [-0.39, 0.29) is 11.4 Å². The van der Waals surface area contributed by atoms with Gasteiger partial charge in [-0.3, -0.25) is 10.2 Å². The van der Waals surface area contributed by atoms with Crippen molar-refractivity contribution in [1.29, 1.82) is 5.41 Å². The first kappa shape index (κ1) is 19.9. The number of carbonyl (C=O) groups is 1. The van der Waals surface area contributed by atoms with Crippen LogP contribution in [0, 0.1) is 19.3 Å². The van der Waals surface area contributed by atoms with Gasteiger partial charge in [-0.05, 0) is 67.9 Å². The van der Waals surface area contributed by atoms with Gasteiger partial charge in [-0.2, -0.15) is 15.1 Å². The van der Waals surface area contributed by atoms with Crippen LogP contribution >= 0.6 is 35.0 Å². The smallest absolute Gasteiger partial charge is 0.283 e. The Bertz CT molecular complexity index is 1160. The molecular weight excluding hydrogens is 429 g/mol. The molecule has 0 aliphatic carbocycles. The average molecular weight is 446 g/mol. The first-order valence-corrected chi connectivity index (χ1v) is 10.5. The van der Waals surface area contributed by atoms with Gasteiger partial charge in [0.25, 0.3) is 5.91 Å². The van der Waals surface area contributed by atoms with Gasteiger partial charge in [0.2, 0.25) is 5.17 Å². The van der Waals surface area contributed by atoms with Crippen molar-refractivity contribution in [3.05, 3.63) is 56.8 Å². The molecule has 0 bridgehead atoms. The van der Waals surface area contributed by atoms with Crippen LogP contribution in [0.25, 0.3) is 11.8 Å². The van der Waals surface area contributed by atoms with Crippen LogP contribution in [0.3, 0.4) is 0 Å². The molecule has 1 N–H and O–H groups in total. The van der Waals surface area contributed by atoms with E-state index < -0.39 is 5.91 Å². The number of thioether (sulfide) groups is 1. The Balaban J connectivity index is 1.77. The van der Waals surface area contributed by atoms with E-state index in [1.54, 1.807) is 18.2 Å². The molecule has 2 aliphatic rings. The fraction of sp³-hybridized carbons (Fsp3) is 0.200. The van der Waals surface area contributed by atoms with Crippen LogP contribution < -0.4 is 0 Å². The molecule has 2 aliphatic heterocycles. The first-order chi connectivity index (χ1) is 13.8. The molecule has 6 nitrogen and oxygen atoms in total. The molecule has 1 aromatic carbocycles. The lowest BCUT2D eigenvalue weighted by atomic mass is 10.1. The Kier molecular flexibility index (Phi) is 5.14. The van der Waals surface area contributed by atoms with Crippen LogP contribution in [0.15, 0.2) is 39.9 Å². The minimum absolute atomic E-state index is 0.0327. The van der Waals surface area contributed by atoms with Crippen LogP contribution in [0.4, 0.5) is 0 Å². The van der Waals surface area contributed by atoms with Gasteiger partial charge in [0, 0.05) is 16.4 Å². The lowest BCUT2D eigenvalue weighted by molar-refractivity contribution is -0.114. The molecule has 3 heterocycles. The quantitative estimate of drug-likeness (QED) is 0.639. The number of aliphatic imine (C=N–C) groups is 1. The zero-order valence-electron chi connectivity index (χ0n) is 16.0. The van der Waals surface area contributed by atoms with Crippen molar-refractivity contribution in [3.8, 4) is 5.69 Å². The summed E-state index contributed by atoms with van der Waals surface area (Å²) in [7, 11) is 0. The fourth-order valence-electron chi connectivity index (χ4n) is 3.30. The van der Waals surface area contributed by atoms with Crippen molar-refractivity contribution < 1.29 is 4.79 Å². The Labute approximate surface area is 182 Å². The molecule has 0 radical (unpaired) electrons. The van der Waals surface area contributed by atoms with Crippen molar-refractivity contribution >= 4 is 63.0 Å². The molecule has 148 valence electrons. The highest BCUT2D eigenvalue weighted by molar-refractivity contribution is 8.26. The van der Waals surface area contributed by atoms with Gasteiger partial charge >= 0.3 is 0 Å². The summed E-state index contributed by atoms with van der Waals surface area (Å²) < 4.78 is 2.00. The van der Waals surface area contributed by atoms with Gasteiger partial charge in [-0.15, -0.1) is 0 Å².